The molecule has 0 aromatic heterocycles. The molecule has 0 fully saturated rings. The molecule has 0 radical (unpaired) electrons. The molecule has 0 unspecified atom stereocenters. The minimum atomic E-state index is 0.308. The summed E-state index contributed by atoms with van der Waals surface area (Å²) in [5, 5.41) is 0. The maximum atomic E-state index is 5.33. The van der Waals surface area contributed by atoms with Crippen LogP contribution in [0.4, 0.5) is 0 Å². The van der Waals surface area contributed by atoms with Crippen LogP contribution in [-0.4, -0.2) is 7.11 Å². The first-order chi connectivity index (χ1) is 7.06. The predicted molar refractivity (Wildman–Crippen MR) is 66.7 cm³/mol. The highest BCUT2D eigenvalue weighted by molar-refractivity contribution is 9.10. The van der Waals surface area contributed by atoms with Gasteiger partial charge in [0.1, 0.15) is 5.75 Å². The van der Waals surface area contributed by atoms with E-state index in [1.165, 1.54) is 24.0 Å². The predicted octanol–water partition coefficient (Wildman–Crippen LogP) is 4.07. The number of fused-ring (bicyclic) bond motifs is 1. The second-order valence-electron chi connectivity index (χ2n) is 4.85. The van der Waals surface area contributed by atoms with Crippen molar-refractivity contribution in [3.05, 3.63) is 27.7 Å². The third kappa shape index (κ3) is 1.80. The Morgan fingerprint density at radius 1 is 1.33 bits per heavy atom. The fourth-order valence-corrected chi connectivity index (χ4v) is 3.18. The number of hydrogen-bond donors (Lipinski definition) is 0. The molecular weight excluding hydrogens is 252 g/mol. The first-order valence-corrected chi connectivity index (χ1v) is 6.21. The highest BCUT2D eigenvalue weighted by atomic mass is 79.9. The molecule has 1 aliphatic rings. The lowest BCUT2D eigenvalue weighted by molar-refractivity contribution is 0.402. The first kappa shape index (κ1) is 11.0. The van der Waals surface area contributed by atoms with Crippen LogP contribution >= 0.6 is 15.9 Å². The van der Waals surface area contributed by atoms with Crippen LogP contribution in [0.5, 0.6) is 5.75 Å². The minimum Gasteiger partial charge on any atom is -0.496 e. The average Bonchev–Trinajstić information content (AvgIpc) is 2.19. The molecule has 1 aromatic rings. The Morgan fingerprint density at radius 2 is 2.07 bits per heavy atom. The van der Waals surface area contributed by atoms with E-state index in [-0.39, 0.29) is 0 Å². The van der Waals surface area contributed by atoms with Gasteiger partial charge in [-0.25, -0.2) is 0 Å². The van der Waals surface area contributed by atoms with Crippen LogP contribution in [0, 0.1) is 0 Å². The number of ether oxygens (including phenoxy) is 1. The van der Waals surface area contributed by atoms with Gasteiger partial charge in [0, 0.05) is 0 Å². The molecule has 0 aliphatic heterocycles. The summed E-state index contributed by atoms with van der Waals surface area (Å²) in [6.07, 6.45) is 3.71. The molecule has 0 heterocycles. The lowest BCUT2D eigenvalue weighted by Crippen LogP contribution is -2.24. The van der Waals surface area contributed by atoms with E-state index in [4.69, 9.17) is 4.74 Å². The highest BCUT2D eigenvalue weighted by Crippen LogP contribution is 2.42. The Morgan fingerprint density at radius 3 is 2.73 bits per heavy atom. The molecule has 0 saturated carbocycles. The van der Waals surface area contributed by atoms with Crippen molar-refractivity contribution in [2.24, 2.45) is 0 Å². The van der Waals surface area contributed by atoms with E-state index in [1.54, 1.807) is 7.11 Å². The molecule has 0 amide bonds. The van der Waals surface area contributed by atoms with Crippen molar-refractivity contribution in [1.29, 1.82) is 0 Å². The second kappa shape index (κ2) is 3.82. The first-order valence-electron chi connectivity index (χ1n) is 5.42. The van der Waals surface area contributed by atoms with Crippen molar-refractivity contribution < 1.29 is 4.74 Å². The van der Waals surface area contributed by atoms with Gasteiger partial charge in [0.05, 0.1) is 11.6 Å². The third-order valence-electron chi connectivity index (χ3n) is 3.39. The lowest BCUT2D eigenvalue weighted by atomic mass is 9.73. The van der Waals surface area contributed by atoms with Gasteiger partial charge in [0.25, 0.3) is 0 Å². The van der Waals surface area contributed by atoms with Crippen molar-refractivity contribution in [2.75, 3.05) is 7.11 Å². The van der Waals surface area contributed by atoms with Crippen LogP contribution in [0.15, 0.2) is 16.6 Å². The van der Waals surface area contributed by atoms with Gasteiger partial charge in [-0.2, -0.15) is 0 Å². The molecule has 0 saturated heterocycles. The molecule has 82 valence electrons. The highest BCUT2D eigenvalue weighted by Gasteiger charge is 2.29. The van der Waals surface area contributed by atoms with Crippen LogP contribution in [0.3, 0.4) is 0 Å². The molecule has 0 spiro atoms. The smallest absolute Gasteiger partial charge is 0.133 e. The number of hydrogen-bond acceptors (Lipinski definition) is 1. The second-order valence-corrected chi connectivity index (χ2v) is 5.64. The monoisotopic (exact) mass is 268 g/mol. The fourth-order valence-electron chi connectivity index (χ4n) is 2.48. The molecule has 2 heteroatoms. The lowest BCUT2D eigenvalue weighted by Gasteiger charge is -2.33. The molecule has 15 heavy (non-hydrogen) atoms. The molecule has 0 atom stereocenters. The van der Waals surface area contributed by atoms with Crippen LogP contribution < -0.4 is 4.74 Å². The Kier molecular flexibility index (Phi) is 2.80. The number of methoxy groups -OCH3 is 1. The van der Waals surface area contributed by atoms with E-state index in [9.17, 15) is 0 Å². The van der Waals surface area contributed by atoms with E-state index in [0.29, 0.717) is 5.41 Å². The van der Waals surface area contributed by atoms with E-state index in [2.05, 4.69) is 41.9 Å². The van der Waals surface area contributed by atoms with E-state index < -0.39 is 0 Å². The summed E-state index contributed by atoms with van der Waals surface area (Å²) in [6.45, 7) is 4.65. The summed E-state index contributed by atoms with van der Waals surface area (Å²) in [5.74, 6) is 0.950. The van der Waals surface area contributed by atoms with Gasteiger partial charge in [-0.3, -0.25) is 0 Å². The standard InChI is InChI=1S/C13H17BrO/c1-13(2)8-4-5-9-10(13)6-7-11(15-3)12(9)14/h6-7H,4-5,8H2,1-3H3. The van der Waals surface area contributed by atoms with Gasteiger partial charge in [0.2, 0.25) is 0 Å². The zero-order chi connectivity index (χ0) is 11.1. The van der Waals surface area contributed by atoms with E-state index >= 15 is 0 Å². The summed E-state index contributed by atoms with van der Waals surface area (Å²) in [4.78, 5) is 0. The largest absolute Gasteiger partial charge is 0.496 e. The number of rotatable bonds is 1. The van der Waals surface area contributed by atoms with Crippen LogP contribution in [0.2, 0.25) is 0 Å². The van der Waals surface area contributed by atoms with Crippen molar-refractivity contribution in [3.8, 4) is 5.75 Å². The van der Waals surface area contributed by atoms with Crippen LogP contribution in [0.25, 0.3) is 0 Å². The zero-order valence-electron chi connectivity index (χ0n) is 9.56. The van der Waals surface area contributed by atoms with Crippen molar-refractivity contribution >= 4 is 15.9 Å². The van der Waals surface area contributed by atoms with Crippen LogP contribution in [0.1, 0.15) is 37.8 Å². The average molecular weight is 269 g/mol. The Balaban J connectivity index is 2.58. The van der Waals surface area contributed by atoms with Crippen molar-refractivity contribution in [3.63, 3.8) is 0 Å². The molecule has 1 nitrogen and oxygen atoms in total. The molecular formula is C13H17BrO. The summed E-state index contributed by atoms with van der Waals surface area (Å²) >= 11 is 3.65. The quantitative estimate of drug-likeness (QED) is 0.746. The number of benzene rings is 1. The van der Waals surface area contributed by atoms with Crippen molar-refractivity contribution in [1.82, 2.24) is 0 Å². The van der Waals surface area contributed by atoms with Crippen molar-refractivity contribution in [2.45, 2.75) is 38.5 Å². The Labute approximate surface area is 100.0 Å². The Bertz CT molecular complexity index is 382. The normalized spacial score (nSPS) is 18.4. The molecule has 0 N–H and O–H groups in total. The molecule has 0 bridgehead atoms. The van der Waals surface area contributed by atoms with Crippen LogP contribution in [-0.2, 0) is 11.8 Å². The maximum Gasteiger partial charge on any atom is 0.133 e. The number of halogens is 1. The van der Waals surface area contributed by atoms with Gasteiger partial charge in [-0.15, -0.1) is 0 Å². The Hall–Kier alpha value is -0.500. The summed E-state index contributed by atoms with van der Waals surface area (Å²) in [6, 6.07) is 4.29. The summed E-state index contributed by atoms with van der Waals surface area (Å²) in [7, 11) is 1.72. The zero-order valence-corrected chi connectivity index (χ0v) is 11.1. The maximum absolute atomic E-state index is 5.33. The fraction of sp³-hybridized carbons (Fsp3) is 0.538. The minimum absolute atomic E-state index is 0.308. The van der Waals surface area contributed by atoms with E-state index in [0.717, 1.165) is 16.6 Å². The summed E-state index contributed by atoms with van der Waals surface area (Å²) in [5.41, 5.74) is 3.22. The summed E-state index contributed by atoms with van der Waals surface area (Å²) < 4.78 is 6.48. The van der Waals surface area contributed by atoms with Gasteiger partial charge in [0.15, 0.2) is 0 Å². The topological polar surface area (TPSA) is 9.23 Å². The SMILES string of the molecule is COc1ccc2c(c1Br)CCCC2(C)C. The van der Waals surface area contributed by atoms with E-state index in [1.807, 2.05) is 0 Å². The van der Waals surface area contributed by atoms with Gasteiger partial charge in [-0.05, 0) is 57.8 Å². The molecule has 2 rings (SSSR count). The van der Waals surface area contributed by atoms with Gasteiger partial charge < -0.3 is 4.74 Å². The van der Waals surface area contributed by atoms with Gasteiger partial charge in [-0.1, -0.05) is 19.9 Å². The molecule has 1 aromatic carbocycles. The van der Waals surface area contributed by atoms with Gasteiger partial charge >= 0.3 is 0 Å². The molecule has 1 aliphatic carbocycles. The third-order valence-corrected chi connectivity index (χ3v) is 4.25.